The van der Waals surface area contributed by atoms with Gasteiger partial charge < -0.3 is 0 Å². The number of benzene rings is 2. The monoisotopic (exact) mass is 290 g/mol. The number of hydrogen-bond acceptors (Lipinski definition) is 2. The van der Waals surface area contributed by atoms with Gasteiger partial charge in [-0.3, -0.25) is 4.79 Å². The molecule has 0 N–H and O–H groups in total. The predicted octanol–water partition coefficient (Wildman–Crippen LogP) is 4.70. The van der Waals surface area contributed by atoms with Crippen molar-refractivity contribution in [2.24, 2.45) is 0 Å². The van der Waals surface area contributed by atoms with Crippen LogP contribution in [-0.4, -0.2) is 5.78 Å². The summed E-state index contributed by atoms with van der Waals surface area (Å²) in [6, 6.07) is 17.7. The van der Waals surface area contributed by atoms with Crippen LogP contribution in [0.3, 0.4) is 0 Å². The molecule has 0 saturated heterocycles. The number of Topliss-reactive ketones (excluding diaryl/α,β-unsaturated/α-hetero) is 1. The highest BCUT2D eigenvalue weighted by Crippen LogP contribution is 2.31. The first-order valence-electron chi connectivity index (χ1n) is 6.91. The molecule has 0 aliphatic heterocycles. The molecule has 0 bridgehead atoms. The van der Waals surface area contributed by atoms with Gasteiger partial charge in [0.2, 0.25) is 5.78 Å². The van der Waals surface area contributed by atoms with Crippen LogP contribution in [-0.2, 0) is 6.42 Å². The van der Waals surface area contributed by atoms with Crippen LogP contribution in [0.4, 0.5) is 0 Å². The van der Waals surface area contributed by atoms with E-state index in [2.05, 4.69) is 30.9 Å². The molecule has 0 aliphatic carbocycles. The van der Waals surface area contributed by atoms with Gasteiger partial charge in [0.05, 0.1) is 4.88 Å². The quantitative estimate of drug-likeness (QED) is 0.494. The van der Waals surface area contributed by atoms with Crippen molar-refractivity contribution >= 4 is 27.2 Å². The molecule has 0 radical (unpaired) electrons. The lowest BCUT2D eigenvalue weighted by molar-refractivity contribution is 0.105. The number of ketones is 1. The number of fused-ring (bicyclic) bond motifs is 1. The van der Waals surface area contributed by atoms with Crippen LogP contribution in [0.25, 0.3) is 10.1 Å². The zero-order valence-electron chi connectivity index (χ0n) is 11.7. The molecule has 0 spiro atoms. The standard InChI is InChI=1S/C19H14OS/c1-2-15-16-10-6-7-11-18(16)21-19(15)17(20)13-12-14-8-4-3-5-9-14/h3-11H,2H2,1H3. The minimum Gasteiger partial charge on any atom is -0.278 e. The molecule has 3 rings (SSSR count). The van der Waals surface area contributed by atoms with Gasteiger partial charge in [-0.1, -0.05) is 49.2 Å². The number of carbonyl (C=O) groups is 1. The van der Waals surface area contributed by atoms with Gasteiger partial charge in [0.15, 0.2) is 0 Å². The van der Waals surface area contributed by atoms with Gasteiger partial charge in [-0.2, -0.15) is 0 Å². The summed E-state index contributed by atoms with van der Waals surface area (Å²) in [5, 5.41) is 1.18. The molecule has 0 saturated carbocycles. The Labute approximate surface area is 128 Å². The third-order valence-corrected chi connectivity index (χ3v) is 4.56. The SMILES string of the molecule is CCc1c(C(=O)C#Cc2ccccc2)sc2ccccc12. The smallest absolute Gasteiger partial charge is 0.246 e. The summed E-state index contributed by atoms with van der Waals surface area (Å²) in [6.07, 6.45) is 0.845. The van der Waals surface area contributed by atoms with Crippen LogP contribution in [0.2, 0.25) is 0 Å². The molecule has 21 heavy (non-hydrogen) atoms. The average molecular weight is 290 g/mol. The normalized spacial score (nSPS) is 10.1. The minimum atomic E-state index is -0.0862. The lowest BCUT2D eigenvalue weighted by Crippen LogP contribution is -1.96. The van der Waals surface area contributed by atoms with Gasteiger partial charge in [-0.05, 0) is 41.5 Å². The van der Waals surface area contributed by atoms with Gasteiger partial charge in [-0.25, -0.2) is 0 Å². The fourth-order valence-corrected chi connectivity index (χ4v) is 3.53. The Bertz CT molecular complexity index is 847. The predicted molar refractivity (Wildman–Crippen MR) is 88.9 cm³/mol. The van der Waals surface area contributed by atoms with E-state index in [1.165, 1.54) is 16.7 Å². The molecule has 0 unspecified atom stereocenters. The summed E-state index contributed by atoms with van der Waals surface area (Å²) in [5.41, 5.74) is 1.98. The van der Waals surface area contributed by atoms with E-state index in [0.717, 1.165) is 27.1 Å². The molecule has 0 aliphatic rings. The van der Waals surface area contributed by atoms with Gasteiger partial charge in [0.1, 0.15) is 0 Å². The maximum Gasteiger partial charge on any atom is 0.246 e. The van der Waals surface area contributed by atoms with E-state index in [1.54, 1.807) is 0 Å². The number of hydrogen-bond donors (Lipinski definition) is 0. The second-order valence-corrected chi connectivity index (χ2v) is 5.76. The van der Waals surface area contributed by atoms with Crippen molar-refractivity contribution in [1.29, 1.82) is 0 Å². The summed E-state index contributed by atoms with van der Waals surface area (Å²) < 4.78 is 1.15. The Kier molecular flexibility index (Phi) is 3.85. The molecule has 0 fully saturated rings. The lowest BCUT2D eigenvalue weighted by atomic mass is 10.1. The summed E-state index contributed by atoms with van der Waals surface area (Å²) in [6.45, 7) is 2.08. The van der Waals surface area contributed by atoms with Gasteiger partial charge in [0.25, 0.3) is 0 Å². The molecular weight excluding hydrogens is 276 g/mol. The van der Waals surface area contributed by atoms with Crippen LogP contribution in [0.1, 0.15) is 27.7 Å². The van der Waals surface area contributed by atoms with Crippen LogP contribution >= 0.6 is 11.3 Å². The fourth-order valence-electron chi connectivity index (χ4n) is 2.34. The first-order valence-corrected chi connectivity index (χ1v) is 7.73. The first-order chi connectivity index (χ1) is 10.3. The second-order valence-electron chi connectivity index (χ2n) is 4.70. The maximum atomic E-state index is 12.4. The van der Waals surface area contributed by atoms with E-state index in [1.807, 2.05) is 42.5 Å². The first kappa shape index (κ1) is 13.6. The topological polar surface area (TPSA) is 17.1 Å². The van der Waals surface area contributed by atoms with Crippen LogP contribution < -0.4 is 0 Å². The third-order valence-electron chi connectivity index (χ3n) is 3.35. The van der Waals surface area contributed by atoms with Crippen molar-refractivity contribution in [1.82, 2.24) is 0 Å². The van der Waals surface area contributed by atoms with E-state index in [9.17, 15) is 4.79 Å². The van der Waals surface area contributed by atoms with Crippen molar-refractivity contribution in [3.63, 3.8) is 0 Å². The third kappa shape index (κ3) is 2.74. The highest BCUT2D eigenvalue weighted by atomic mass is 32.1. The number of aryl methyl sites for hydroxylation is 1. The number of thiophene rings is 1. The van der Waals surface area contributed by atoms with Crippen molar-refractivity contribution in [2.45, 2.75) is 13.3 Å². The van der Waals surface area contributed by atoms with Crippen molar-refractivity contribution in [2.75, 3.05) is 0 Å². The molecular formula is C19H14OS. The zero-order valence-corrected chi connectivity index (χ0v) is 12.5. The van der Waals surface area contributed by atoms with E-state index in [0.29, 0.717) is 0 Å². The maximum absolute atomic E-state index is 12.4. The molecule has 1 aromatic heterocycles. The molecule has 1 heterocycles. The van der Waals surface area contributed by atoms with Crippen LogP contribution in [0, 0.1) is 11.8 Å². The van der Waals surface area contributed by atoms with Crippen molar-refractivity contribution < 1.29 is 4.79 Å². The minimum absolute atomic E-state index is 0.0862. The van der Waals surface area contributed by atoms with E-state index >= 15 is 0 Å². The molecule has 2 heteroatoms. The fraction of sp³-hybridized carbons (Fsp3) is 0.105. The molecule has 0 amide bonds. The zero-order chi connectivity index (χ0) is 14.7. The Morgan fingerprint density at radius 1 is 1.05 bits per heavy atom. The number of rotatable bonds is 2. The largest absolute Gasteiger partial charge is 0.278 e. The molecule has 3 aromatic rings. The van der Waals surface area contributed by atoms with Crippen molar-refractivity contribution in [3.8, 4) is 11.8 Å². The second kappa shape index (κ2) is 5.95. The van der Waals surface area contributed by atoms with E-state index in [4.69, 9.17) is 0 Å². The van der Waals surface area contributed by atoms with Crippen LogP contribution in [0.5, 0.6) is 0 Å². The van der Waals surface area contributed by atoms with E-state index < -0.39 is 0 Å². The summed E-state index contributed by atoms with van der Waals surface area (Å²) in [7, 11) is 0. The highest BCUT2D eigenvalue weighted by Gasteiger charge is 2.15. The molecule has 1 nitrogen and oxygen atoms in total. The Hall–Kier alpha value is -2.37. The summed E-state index contributed by atoms with van der Waals surface area (Å²) >= 11 is 1.54. The molecule has 0 atom stereocenters. The molecule has 2 aromatic carbocycles. The highest BCUT2D eigenvalue weighted by molar-refractivity contribution is 7.21. The summed E-state index contributed by atoms with van der Waals surface area (Å²) in [4.78, 5) is 13.2. The van der Waals surface area contributed by atoms with Gasteiger partial charge in [-0.15, -0.1) is 11.3 Å². The van der Waals surface area contributed by atoms with Crippen LogP contribution in [0.15, 0.2) is 54.6 Å². The molecule has 102 valence electrons. The Balaban J connectivity index is 2.01. The van der Waals surface area contributed by atoms with Gasteiger partial charge >= 0.3 is 0 Å². The van der Waals surface area contributed by atoms with Gasteiger partial charge in [0, 0.05) is 10.3 Å². The number of carbonyl (C=O) groups excluding carboxylic acids is 1. The summed E-state index contributed by atoms with van der Waals surface area (Å²) in [5.74, 6) is 5.63. The Morgan fingerprint density at radius 2 is 1.76 bits per heavy atom. The van der Waals surface area contributed by atoms with Crippen molar-refractivity contribution in [3.05, 3.63) is 70.6 Å². The lowest BCUT2D eigenvalue weighted by Gasteiger charge is -1.96. The average Bonchev–Trinajstić information content (AvgIpc) is 2.92. The Morgan fingerprint density at radius 3 is 2.52 bits per heavy atom. The van der Waals surface area contributed by atoms with E-state index in [-0.39, 0.29) is 5.78 Å².